The number of thiazole rings is 1. The molecule has 0 bridgehead atoms. The first-order valence-electron chi connectivity index (χ1n) is 7.03. The summed E-state index contributed by atoms with van der Waals surface area (Å²) in [5, 5.41) is 0.808. The fourth-order valence-corrected chi connectivity index (χ4v) is 3.36. The number of carbonyl (C=O) groups is 1. The first-order chi connectivity index (χ1) is 9.56. The van der Waals surface area contributed by atoms with E-state index in [1.807, 2.05) is 16.8 Å². The van der Waals surface area contributed by atoms with Crippen molar-refractivity contribution in [3.05, 3.63) is 4.88 Å². The molecule has 0 radical (unpaired) electrons. The molecule has 1 aromatic heterocycles. The quantitative estimate of drug-likeness (QED) is 0.846. The summed E-state index contributed by atoms with van der Waals surface area (Å²) in [6, 6.07) is 0. The van der Waals surface area contributed by atoms with Gasteiger partial charge in [0.2, 0.25) is 0 Å². The van der Waals surface area contributed by atoms with E-state index in [4.69, 9.17) is 11.5 Å². The monoisotopic (exact) mass is 297 g/mol. The average Bonchev–Trinajstić information content (AvgIpc) is 3.04. The smallest absolute Gasteiger partial charge is 0.267 e. The van der Waals surface area contributed by atoms with Crippen LogP contribution in [0.5, 0.6) is 0 Å². The van der Waals surface area contributed by atoms with E-state index < -0.39 is 0 Å². The highest BCUT2D eigenvalue weighted by atomic mass is 32.1. The van der Waals surface area contributed by atoms with Crippen LogP contribution in [0, 0.1) is 5.92 Å². The van der Waals surface area contributed by atoms with Crippen LogP contribution >= 0.6 is 11.3 Å². The van der Waals surface area contributed by atoms with Crippen LogP contribution in [0.15, 0.2) is 0 Å². The summed E-state index contributed by atoms with van der Waals surface area (Å²) >= 11 is 1.38. The topological polar surface area (TPSA) is 88.5 Å². The van der Waals surface area contributed by atoms with Crippen LogP contribution in [0.2, 0.25) is 0 Å². The van der Waals surface area contributed by atoms with Crippen LogP contribution in [-0.2, 0) is 0 Å². The summed E-state index contributed by atoms with van der Waals surface area (Å²) in [6.07, 6.45) is 2.01. The number of hydrogen-bond acceptors (Lipinski definition) is 6. The largest absolute Gasteiger partial charge is 0.382 e. The Bertz CT molecular complexity index is 475. The van der Waals surface area contributed by atoms with E-state index in [0.717, 1.165) is 37.6 Å². The van der Waals surface area contributed by atoms with Crippen molar-refractivity contribution >= 4 is 28.2 Å². The third-order valence-electron chi connectivity index (χ3n) is 3.63. The van der Waals surface area contributed by atoms with E-state index in [-0.39, 0.29) is 5.91 Å². The maximum Gasteiger partial charge on any atom is 0.267 e. The fraction of sp³-hybridized carbons (Fsp3) is 0.692. The predicted molar refractivity (Wildman–Crippen MR) is 83.2 cm³/mol. The highest BCUT2D eigenvalue weighted by molar-refractivity contribution is 7.18. The Labute approximate surface area is 123 Å². The fourth-order valence-electron chi connectivity index (χ4n) is 2.42. The first-order valence-corrected chi connectivity index (χ1v) is 7.85. The van der Waals surface area contributed by atoms with E-state index in [1.54, 1.807) is 0 Å². The van der Waals surface area contributed by atoms with Crippen LogP contribution < -0.4 is 16.4 Å². The lowest BCUT2D eigenvalue weighted by Gasteiger charge is -2.15. The molecule has 1 amide bonds. The van der Waals surface area contributed by atoms with Crippen LogP contribution in [0.1, 0.15) is 29.4 Å². The molecule has 2 rings (SSSR count). The summed E-state index contributed by atoms with van der Waals surface area (Å²) in [5.41, 5.74) is 11.6. The second kappa shape index (κ2) is 6.41. The molecule has 112 valence electrons. The Hall–Kier alpha value is -1.34. The SMILES string of the molecule is CCCN(C)c1nc(N)c(C(=O)N2CCC(CN)C2)s1. The van der Waals surface area contributed by atoms with Gasteiger partial charge in [-0.1, -0.05) is 18.3 Å². The second-order valence-corrected chi connectivity index (χ2v) is 6.25. The molecule has 1 aromatic rings. The first kappa shape index (κ1) is 15.1. The molecular formula is C13H23N5OS. The number of aromatic nitrogens is 1. The molecule has 0 aromatic carbocycles. The predicted octanol–water partition coefficient (Wildman–Crippen LogP) is 0.992. The second-order valence-electron chi connectivity index (χ2n) is 5.27. The van der Waals surface area contributed by atoms with E-state index >= 15 is 0 Å². The van der Waals surface area contributed by atoms with E-state index in [1.165, 1.54) is 11.3 Å². The summed E-state index contributed by atoms with van der Waals surface area (Å²) in [4.78, 5) is 21.2. The number of anilines is 2. The Morgan fingerprint density at radius 3 is 2.95 bits per heavy atom. The minimum atomic E-state index is -0.00732. The number of nitrogens with two attached hydrogens (primary N) is 2. The van der Waals surface area contributed by atoms with Gasteiger partial charge in [-0.25, -0.2) is 4.98 Å². The van der Waals surface area contributed by atoms with Crippen molar-refractivity contribution in [3.63, 3.8) is 0 Å². The lowest BCUT2D eigenvalue weighted by molar-refractivity contribution is 0.0793. The van der Waals surface area contributed by atoms with Crippen LogP contribution in [0.4, 0.5) is 10.9 Å². The molecule has 0 spiro atoms. The van der Waals surface area contributed by atoms with Crippen molar-refractivity contribution < 1.29 is 4.79 Å². The number of rotatable bonds is 5. The third kappa shape index (κ3) is 3.04. The zero-order valence-corrected chi connectivity index (χ0v) is 12.9. The third-order valence-corrected chi connectivity index (χ3v) is 4.80. The molecular weight excluding hydrogens is 274 g/mol. The Morgan fingerprint density at radius 2 is 2.35 bits per heavy atom. The van der Waals surface area contributed by atoms with Crippen LogP contribution in [0.25, 0.3) is 0 Å². The average molecular weight is 297 g/mol. The molecule has 1 fully saturated rings. The lowest BCUT2D eigenvalue weighted by atomic mass is 10.1. The molecule has 1 aliphatic rings. The number of carbonyl (C=O) groups excluding carboxylic acids is 1. The highest BCUT2D eigenvalue weighted by Crippen LogP contribution is 2.30. The van der Waals surface area contributed by atoms with Gasteiger partial charge in [0.25, 0.3) is 5.91 Å². The number of hydrogen-bond donors (Lipinski definition) is 2. The Kier molecular flexibility index (Phi) is 4.82. The molecule has 7 heteroatoms. The lowest BCUT2D eigenvalue weighted by Crippen LogP contribution is -2.29. The summed E-state index contributed by atoms with van der Waals surface area (Å²) in [5.74, 6) is 0.747. The van der Waals surface area contributed by atoms with Gasteiger partial charge in [-0.15, -0.1) is 0 Å². The van der Waals surface area contributed by atoms with Crippen molar-refractivity contribution in [1.82, 2.24) is 9.88 Å². The van der Waals surface area contributed by atoms with Gasteiger partial charge < -0.3 is 21.3 Å². The molecule has 2 heterocycles. The zero-order chi connectivity index (χ0) is 14.7. The van der Waals surface area contributed by atoms with Gasteiger partial charge in [-0.3, -0.25) is 4.79 Å². The molecule has 1 saturated heterocycles. The maximum absolute atomic E-state index is 12.5. The Morgan fingerprint density at radius 1 is 1.60 bits per heavy atom. The van der Waals surface area contributed by atoms with Gasteiger partial charge >= 0.3 is 0 Å². The molecule has 20 heavy (non-hydrogen) atoms. The molecule has 1 aliphatic heterocycles. The van der Waals surface area contributed by atoms with E-state index in [2.05, 4.69) is 11.9 Å². The number of amides is 1. The number of nitrogen functional groups attached to an aromatic ring is 1. The molecule has 1 unspecified atom stereocenters. The minimum absolute atomic E-state index is 0.00732. The van der Waals surface area contributed by atoms with Crippen molar-refractivity contribution in [1.29, 1.82) is 0 Å². The summed E-state index contributed by atoms with van der Waals surface area (Å²) in [6.45, 7) is 5.13. The van der Waals surface area contributed by atoms with Gasteiger partial charge in [-0.05, 0) is 25.3 Å². The number of nitrogens with zero attached hydrogens (tertiary/aromatic N) is 3. The van der Waals surface area contributed by atoms with Crippen LogP contribution in [0.3, 0.4) is 0 Å². The van der Waals surface area contributed by atoms with Gasteiger partial charge in [0.05, 0.1) is 0 Å². The summed E-state index contributed by atoms with van der Waals surface area (Å²) < 4.78 is 0. The standard InChI is InChI=1S/C13H23N5OS/c1-3-5-17(2)13-16-11(15)10(20-13)12(19)18-6-4-9(7-14)8-18/h9H,3-8,14-15H2,1-2H3. The normalized spacial score (nSPS) is 18.6. The van der Waals surface area contributed by atoms with Crippen molar-refractivity contribution in [3.8, 4) is 0 Å². The van der Waals surface area contributed by atoms with Gasteiger partial charge in [0, 0.05) is 26.7 Å². The van der Waals surface area contributed by atoms with Crippen molar-refractivity contribution in [2.75, 3.05) is 43.9 Å². The van der Waals surface area contributed by atoms with Gasteiger partial charge in [0.15, 0.2) is 5.13 Å². The molecule has 0 aliphatic carbocycles. The molecule has 1 atom stereocenters. The van der Waals surface area contributed by atoms with E-state index in [9.17, 15) is 4.79 Å². The maximum atomic E-state index is 12.5. The van der Waals surface area contributed by atoms with Gasteiger partial charge in [0.1, 0.15) is 10.7 Å². The van der Waals surface area contributed by atoms with Crippen molar-refractivity contribution in [2.45, 2.75) is 19.8 Å². The summed E-state index contributed by atoms with van der Waals surface area (Å²) in [7, 11) is 1.97. The van der Waals surface area contributed by atoms with Crippen molar-refractivity contribution in [2.24, 2.45) is 11.7 Å². The minimum Gasteiger partial charge on any atom is -0.382 e. The highest BCUT2D eigenvalue weighted by Gasteiger charge is 2.29. The molecule has 6 nitrogen and oxygen atoms in total. The van der Waals surface area contributed by atoms with Gasteiger partial charge in [-0.2, -0.15) is 0 Å². The molecule has 0 saturated carbocycles. The van der Waals surface area contributed by atoms with E-state index in [0.29, 0.717) is 23.2 Å². The number of likely N-dealkylation sites (tertiary alicyclic amines) is 1. The van der Waals surface area contributed by atoms with Crippen LogP contribution in [-0.4, -0.2) is 49.0 Å². The zero-order valence-electron chi connectivity index (χ0n) is 12.1. The molecule has 4 N–H and O–H groups in total. The Balaban J connectivity index is 2.10.